The molecule has 2 heterocycles. The molecule has 5 unspecified atom stereocenters. The summed E-state index contributed by atoms with van der Waals surface area (Å²) in [6.45, 7) is 1.92. The van der Waals surface area contributed by atoms with E-state index in [9.17, 15) is 29.0 Å². The number of aliphatic carboxylic acids is 2. The molecular weight excluding hydrogens is 508 g/mol. The molecule has 5 atom stereocenters. The summed E-state index contributed by atoms with van der Waals surface area (Å²) in [6, 6.07) is 3.72. The molecule has 1 aromatic heterocycles. The van der Waals surface area contributed by atoms with E-state index in [0.717, 1.165) is 11.8 Å². The van der Waals surface area contributed by atoms with Gasteiger partial charge < -0.3 is 20.5 Å². The second kappa shape index (κ2) is 10.2. The molecule has 2 aromatic rings. The summed E-state index contributed by atoms with van der Waals surface area (Å²) >= 11 is 13.8. The first kappa shape index (κ1) is 26.5. The summed E-state index contributed by atoms with van der Waals surface area (Å²) in [7, 11) is 0. The largest absolute Gasteiger partial charge is 0.481 e. The third-order valence-electron chi connectivity index (χ3n) is 6.79. The first-order valence-corrected chi connectivity index (χ1v) is 12.2. The van der Waals surface area contributed by atoms with Crippen molar-refractivity contribution in [2.75, 3.05) is 12.4 Å². The highest BCUT2D eigenvalue weighted by atomic mass is 35.5. The van der Waals surface area contributed by atoms with Crippen molar-refractivity contribution < 1.29 is 24.2 Å². The maximum absolute atomic E-state index is 14.4. The van der Waals surface area contributed by atoms with Gasteiger partial charge >= 0.3 is 11.9 Å². The standard InChI is InChI=1S/C22H24Cl2FN3O5S/c1-3-22(19(32)33)14(10-34-20-26-8-7-15(29)28-20)27-13(9-25)21(2,18(30)31)17(22)11-5-4-6-12(23)16(11)24/h4-8,13-14,17,27H,3,9-10H2,1-2H3,(H,30,31)(H,32,33)(H,26,28,29). The van der Waals surface area contributed by atoms with E-state index in [-0.39, 0.29) is 38.5 Å². The van der Waals surface area contributed by atoms with Crippen molar-refractivity contribution >= 4 is 46.9 Å². The number of nitrogens with zero attached hydrogens (tertiary/aromatic N) is 1. The minimum Gasteiger partial charge on any atom is -0.481 e. The lowest BCUT2D eigenvalue weighted by Gasteiger charge is -2.57. The molecule has 1 aliphatic heterocycles. The Morgan fingerprint density at radius 3 is 2.47 bits per heavy atom. The summed E-state index contributed by atoms with van der Waals surface area (Å²) in [6.07, 6.45) is 1.33. The molecule has 1 fully saturated rings. The van der Waals surface area contributed by atoms with E-state index in [1.807, 2.05) is 0 Å². The molecule has 3 rings (SSSR count). The SMILES string of the molecule is CCC1(C(=O)O)C(CSc2nccc(=O)[nH]2)NC(CF)C(C)(C(=O)O)C1c1cccc(Cl)c1Cl. The molecule has 184 valence electrons. The topological polar surface area (TPSA) is 132 Å². The van der Waals surface area contributed by atoms with Crippen molar-refractivity contribution in [1.29, 1.82) is 0 Å². The van der Waals surface area contributed by atoms with Gasteiger partial charge in [0.1, 0.15) is 6.67 Å². The molecule has 1 aromatic carbocycles. The van der Waals surface area contributed by atoms with Gasteiger partial charge in [0.05, 0.1) is 26.9 Å². The number of H-pyrrole nitrogens is 1. The van der Waals surface area contributed by atoms with Crippen LogP contribution in [0.15, 0.2) is 40.4 Å². The Balaban J connectivity index is 2.24. The predicted octanol–water partition coefficient (Wildman–Crippen LogP) is 3.83. The minimum absolute atomic E-state index is 0.00861. The van der Waals surface area contributed by atoms with Gasteiger partial charge in [-0.15, -0.1) is 0 Å². The number of carboxylic acid groups (broad SMARTS) is 2. The number of carboxylic acids is 2. The number of hydrogen-bond acceptors (Lipinski definition) is 6. The van der Waals surface area contributed by atoms with E-state index >= 15 is 0 Å². The number of aromatic amines is 1. The van der Waals surface area contributed by atoms with Crippen molar-refractivity contribution in [1.82, 2.24) is 15.3 Å². The summed E-state index contributed by atoms with van der Waals surface area (Å²) in [4.78, 5) is 43.9. The van der Waals surface area contributed by atoms with Crippen LogP contribution < -0.4 is 10.9 Å². The molecule has 0 spiro atoms. The number of alkyl halides is 1. The van der Waals surface area contributed by atoms with Crippen LogP contribution in [0.5, 0.6) is 0 Å². The van der Waals surface area contributed by atoms with Gasteiger partial charge in [0.15, 0.2) is 5.16 Å². The Morgan fingerprint density at radius 1 is 1.21 bits per heavy atom. The molecule has 0 radical (unpaired) electrons. The van der Waals surface area contributed by atoms with Gasteiger partial charge in [0, 0.05) is 30.0 Å². The van der Waals surface area contributed by atoms with Crippen LogP contribution in [0, 0.1) is 10.8 Å². The Labute approximate surface area is 209 Å². The predicted molar refractivity (Wildman–Crippen MR) is 128 cm³/mol. The number of halogens is 3. The Kier molecular flexibility index (Phi) is 7.96. The van der Waals surface area contributed by atoms with Gasteiger partial charge in [0.2, 0.25) is 0 Å². The van der Waals surface area contributed by atoms with Crippen molar-refractivity contribution in [3.63, 3.8) is 0 Å². The number of carbonyl (C=O) groups is 2. The van der Waals surface area contributed by atoms with E-state index in [1.54, 1.807) is 13.0 Å². The fourth-order valence-electron chi connectivity index (χ4n) is 4.98. The van der Waals surface area contributed by atoms with Crippen LogP contribution in [-0.4, -0.2) is 56.6 Å². The summed E-state index contributed by atoms with van der Waals surface area (Å²) in [5, 5.41) is 24.3. The highest BCUT2D eigenvalue weighted by Crippen LogP contribution is 2.59. The number of piperidine rings is 1. The van der Waals surface area contributed by atoms with Crippen molar-refractivity contribution in [2.24, 2.45) is 10.8 Å². The Morgan fingerprint density at radius 2 is 1.91 bits per heavy atom. The third kappa shape index (κ3) is 4.32. The summed E-state index contributed by atoms with van der Waals surface area (Å²) in [5.74, 6) is -3.79. The van der Waals surface area contributed by atoms with Gasteiger partial charge in [-0.1, -0.05) is 54.0 Å². The maximum atomic E-state index is 14.4. The van der Waals surface area contributed by atoms with E-state index in [0.29, 0.717) is 0 Å². The van der Waals surface area contributed by atoms with Crippen LogP contribution in [-0.2, 0) is 9.59 Å². The van der Waals surface area contributed by atoms with E-state index in [1.165, 1.54) is 31.3 Å². The molecule has 1 saturated heterocycles. The quantitative estimate of drug-likeness (QED) is 0.298. The number of aromatic nitrogens is 2. The molecule has 4 N–H and O–H groups in total. The lowest BCUT2D eigenvalue weighted by atomic mass is 9.51. The van der Waals surface area contributed by atoms with Gasteiger partial charge in [-0.3, -0.25) is 14.4 Å². The van der Waals surface area contributed by atoms with Crippen molar-refractivity contribution in [3.05, 3.63) is 56.4 Å². The number of rotatable bonds is 8. The van der Waals surface area contributed by atoms with Gasteiger partial charge in [0.25, 0.3) is 5.56 Å². The zero-order chi connectivity index (χ0) is 25.3. The monoisotopic (exact) mass is 531 g/mol. The fourth-order valence-corrected chi connectivity index (χ4v) is 6.43. The van der Waals surface area contributed by atoms with Gasteiger partial charge in [-0.25, -0.2) is 9.37 Å². The van der Waals surface area contributed by atoms with Crippen LogP contribution in [0.4, 0.5) is 4.39 Å². The van der Waals surface area contributed by atoms with Gasteiger partial charge in [-0.05, 0) is 25.0 Å². The molecule has 8 nitrogen and oxygen atoms in total. The second-order valence-corrected chi connectivity index (χ2v) is 10.1. The normalized spacial score (nSPS) is 29.0. The maximum Gasteiger partial charge on any atom is 0.311 e. The highest BCUT2D eigenvalue weighted by molar-refractivity contribution is 7.99. The lowest BCUT2D eigenvalue weighted by Crippen LogP contribution is -2.71. The van der Waals surface area contributed by atoms with Crippen LogP contribution in [0.3, 0.4) is 0 Å². The van der Waals surface area contributed by atoms with Crippen LogP contribution in [0.1, 0.15) is 31.7 Å². The minimum atomic E-state index is -1.88. The second-order valence-electron chi connectivity index (χ2n) is 8.34. The molecule has 0 bridgehead atoms. The first-order valence-electron chi connectivity index (χ1n) is 10.4. The third-order valence-corrected chi connectivity index (χ3v) is 8.60. The molecule has 34 heavy (non-hydrogen) atoms. The number of benzene rings is 1. The van der Waals surface area contributed by atoms with Crippen LogP contribution in [0.2, 0.25) is 10.0 Å². The summed E-state index contributed by atoms with van der Waals surface area (Å²) in [5.41, 5.74) is -3.74. The molecule has 0 aliphatic carbocycles. The Bertz CT molecular complexity index is 1150. The highest BCUT2D eigenvalue weighted by Gasteiger charge is 2.66. The molecule has 1 aliphatic rings. The van der Waals surface area contributed by atoms with Crippen molar-refractivity contribution in [3.8, 4) is 0 Å². The number of hydrogen-bond donors (Lipinski definition) is 4. The fraction of sp³-hybridized carbons (Fsp3) is 0.455. The van der Waals surface area contributed by atoms with E-state index in [2.05, 4.69) is 15.3 Å². The lowest BCUT2D eigenvalue weighted by molar-refractivity contribution is -0.172. The zero-order valence-corrected chi connectivity index (χ0v) is 20.7. The Hall–Kier alpha value is -2.14. The van der Waals surface area contributed by atoms with Crippen LogP contribution >= 0.6 is 35.0 Å². The van der Waals surface area contributed by atoms with Crippen molar-refractivity contribution in [2.45, 2.75) is 43.4 Å². The van der Waals surface area contributed by atoms with E-state index < -0.39 is 47.4 Å². The molecule has 0 amide bonds. The molecule has 12 heteroatoms. The average molecular weight is 532 g/mol. The van der Waals surface area contributed by atoms with E-state index in [4.69, 9.17) is 23.2 Å². The average Bonchev–Trinajstić information content (AvgIpc) is 2.79. The zero-order valence-electron chi connectivity index (χ0n) is 18.3. The first-order chi connectivity index (χ1) is 16.0. The van der Waals surface area contributed by atoms with Crippen LogP contribution in [0.25, 0.3) is 0 Å². The smallest absolute Gasteiger partial charge is 0.311 e. The molecule has 0 saturated carbocycles. The van der Waals surface area contributed by atoms with Gasteiger partial charge in [-0.2, -0.15) is 0 Å². The number of thioether (sulfide) groups is 1. The summed E-state index contributed by atoms with van der Waals surface area (Å²) < 4.78 is 14.4. The molecular formula is C22H24Cl2FN3O5S. The number of nitrogens with one attached hydrogen (secondary N) is 2.